The number of hydrogen-bond acceptors (Lipinski definition) is 3. The zero-order chi connectivity index (χ0) is 18.1. The summed E-state index contributed by atoms with van der Waals surface area (Å²) in [5.74, 6) is -1.40. The van der Waals surface area contributed by atoms with Gasteiger partial charge in [0.2, 0.25) is 5.91 Å². The molecule has 0 fully saturated rings. The van der Waals surface area contributed by atoms with Crippen LogP contribution >= 0.6 is 0 Å². The van der Waals surface area contributed by atoms with E-state index in [1.165, 1.54) is 32.1 Å². The Bertz CT molecular complexity index is 614. The number of carbonyl (C=O) groups is 2. The molecule has 25 heavy (non-hydrogen) atoms. The Morgan fingerprint density at radius 3 is 2.52 bits per heavy atom. The van der Waals surface area contributed by atoms with Gasteiger partial charge >= 0.3 is 0 Å². The fraction of sp³-hybridized carbons (Fsp3) is 0.550. The van der Waals surface area contributed by atoms with E-state index in [9.17, 15) is 14.7 Å². The van der Waals surface area contributed by atoms with E-state index in [1.54, 1.807) is 24.3 Å². The van der Waals surface area contributed by atoms with Gasteiger partial charge in [0.1, 0.15) is 11.5 Å². The van der Waals surface area contributed by atoms with E-state index < -0.39 is 11.8 Å². The average molecular weight is 344 g/mol. The Morgan fingerprint density at radius 2 is 1.80 bits per heavy atom. The topological polar surface area (TPSA) is 78.8 Å². The molecular formula is C20H28N2O3. The van der Waals surface area contributed by atoms with Crippen LogP contribution < -0.4 is 5.32 Å². The summed E-state index contributed by atoms with van der Waals surface area (Å²) >= 11 is 0. The number of carbonyl (C=O) groups excluding carboxylic acids is 2. The molecule has 0 aromatic rings. The third-order valence-corrected chi connectivity index (χ3v) is 4.52. The molecule has 5 heteroatoms. The van der Waals surface area contributed by atoms with Gasteiger partial charge in [-0.25, -0.2) is 4.99 Å². The first-order valence-corrected chi connectivity index (χ1v) is 9.34. The standard InChI is InChI=1S/C20H28N2O3/c1-2-3-4-5-6-7-8-9-14-17(23)22-18-19(24)15-12-10-11-13-16(15)21-20(18)25/h10-13,15,24H,2-9,14H2,1H3,(H,22,23). The summed E-state index contributed by atoms with van der Waals surface area (Å²) in [5, 5.41) is 12.8. The predicted molar refractivity (Wildman–Crippen MR) is 99.2 cm³/mol. The number of aliphatic hydroxyl groups is 1. The molecule has 0 aromatic heterocycles. The first kappa shape index (κ1) is 19.2. The van der Waals surface area contributed by atoms with E-state index in [4.69, 9.17) is 0 Å². The number of dihydropyridines is 1. The lowest BCUT2D eigenvalue weighted by Gasteiger charge is -2.22. The molecule has 1 aliphatic carbocycles. The van der Waals surface area contributed by atoms with Crippen molar-refractivity contribution >= 4 is 17.5 Å². The van der Waals surface area contributed by atoms with Crippen LogP contribution in [0.2, 0.25) is 0 Å². The Balaban J connectivity index is 1.72. The van der Waals surface area contributed by atoms with Gasteiger partial charge in [-0.15, -0.1) is 0 Å². The van der Waals surface area contributed by atoms with Crippen LogP contribution in [0.1, 0.15) is 64.7 Å². The molecule has 2 amide bonds. The zero-order valence-corrected chi connectivity index (χ0v) is 15.0. The van der Waals surface area contributed by atoms with Crippen molar-refractivity contribution in [3.05, 3.63) is 35.8 Å². The smallest absolute Gasteiger partial charge is 0.297 e. The summed E-state index contributed by atoms with van der Waals surface area (Å²) in [6, 6.07) is 0. The highest BCUT2D eigenvalue weighted by Crippen LogP contribution is 2.24. The molecule has 0 spiro atoms. The fourth-order valence-corrected chi connectivity index (χ4v) is 3.05. The first-order valence-electron chi connectivity index (χ1n) is 9.34. The maximum atomic E-state index is 12.0. The molecule has 1 atom stereocenters. The van der Waals surface area contributed by atoms with E-state index in [2.05, 4.69) is 17.2 Å². The van der Waals surface area contributed by atoms with Crippen molar-refractivity contribution in [3.8, 4) is 0 Å². The van der Waals surface area contributed by atoms with Gasteiger partial charge in [-0.05, 0) is 12.5 Å². The summed E-state index contributed by atoms with van der Waals surface area (Å²) in [6.45, 7) is 2.20. The van der Waals surface area contributed by atoms with E-state index >= 15 is 0 Å². The minimum atomic E-state index is -0.590. The van der Waals surface area contributed by atoms with Crippen molar-refractivity contribution in [1.29, 1.82) is 0 Å². The third-order valence-electron chi connectivity index (χ3n) is 4.52. The molecule has 5 nitrogen and oxygen atoms in total. The number of amides is 2. The molecule has 2 N–H and O–H groups in total. The van der Waals surface area contributed by atoms with Crippen LogP contribution in [-0.2, 0) is 9.59 Å². The third kappa shape index (κ3) is 5.69. The molecule has 2 rings (SSSR count). The van der Waals surface area contributed by atoms with Crippen molar-refractivity contribution in [2.75, 3.05) is 0 Å². The van der Waals surface area contributed by atoms with Crippen molar-refractivity contribution in [1.82, 2.24) is 5.32 Å². The highest BCUT2D eigenvalue weighted by molar-refractivity contribution is 6.14. The molecule has 0 bridgehead atoms. The number of aliphatic imine (C=N–C) groups is 1. The van der Waals surface area contributed by atoms with E-state index in [0.717, 1.165) is 19.3 Å². The van der Waals surface area contributed by atoms with Gasteiger partial charge in [-0.1, -0.05) is 70.1 Å². The van der Waals surface area contributed by atoms with Crippen molar-refractivity contribution in [3.63, 3.8) is 0 Å². The van der Waals surface area contributed by atoms with E-state index in [0.29, 0.717) is 12.1 Å². The normalized spacial score (nSPS) is 19.0. The average Bonchev–Trinajstić information content (AvgIpc) is 2.61. The summed E-state index contributed by atoms with van der Waals surface area (Å²) < 4.78 is 0. The first-order chi connectivity index (χ1) is 12.1. The Kier molecular flexibility index (Phi) is 7.64. The largest absolute Gasteiger partial charge is 0.509 e. The monoisotopic (exact) mass is 344 g/mol. The summed E-state index contributed by atoms with van der Waals surface area (Å²) in [6.07, 6.45) is 16.6. The minimum Gasteiger partial charge on any atom is -0.509 e. The molecule has 0 saturated heterocycles. The molecule has 2 aliphatic rings. The number of hydrogen-bond donors (Lipinski definition) is 2. The Labute approximate surface area is 149 Å². The van der Waals surface area contributed by atoms with Gasteiger partial charge in [-0.2, -0.15) is 0 Å². The quantitative estimate of drug-likeness (QED) is 0.585. The molecular weight excluding hydrogens is 316 g/mol. The Hall–Kier alpha value is -2.17. The summed E-state index contributed by atoms with van der Waals surface area (Å²) in [5.41, 5.74) is 0.421. The summed E-state index contributed by atoms with van der Waals surface area (Å²) in [4.78, 5) is 28.0. The molecule has 1 aliphatic heterocycles. The maximum Gasteiger partial charge on any atom is 0.297 e. The highest BCUT2D eigenvalue weighted by Gasteiger charge is 2.30. The fourth-order valence-electron chi connectivity index (χ4n) is 3.05. The van der Waals surface area contributed by atoms with Crippen LogP contribution in [0.3, 0.4) is 0 Å². The number of nitrogens with zero attached hydrogens (tertiary/aromatic N) is 1. The summed E-state index contributed by atoms with van der Waals surface area (Å²) in [7, 11) is 0. The lowest BCUT2D eigenvalue weighted by atomic mass is 9.92. The second-order valence-electron chi connectivity index (χ2n) is 6.60. The van der Waals surface area contributed by atoms with Crippen molar-refractivity contribution in [2.45, 2.75) is 64.7 Å². The van der Waals surface area contributed by atoms with Crippen LogP contribution in [0.15, 0.2) is 40.8 Å². The van der Waals surface area contributed by atoms with Gasteiger partial charge in [0.25, 0.3) is 5.91 Å². The van der Waals surface area contributed by atoms with E-state index in [1.807, 2.05) is 0 Å². The van der Waals surface area contributed by atoms with Gasteiger partial charge in [-0.3, -0.25) is 9.59 Å². The van der Waals surface area contributed by atoms with Crippen molar-refractivity contribution in [2.24, 2.45) is 10.9 Å². The number of unbranched alkanes of at least 4 members (excludes halogenated alkanes) is 7. The van der Waals surface area contributed by atoms with Crippen LogP contribution in [0.25, 0.3) is 0 Å². The molecule has 1 heterocycles. The van der Waals surface area contributed by atoms with Crippen LogP contribution in [-0.4, -0.2) is 22.6 Å². The number of allylic oxidation sites excluding steroid dienone is 4. The minimum absolute atomic E-state index is 0.0849. The van der Waals surface area contributed by atoms with Crippen LogP contribution in [0.4, 0.5) is 0 Å². The van der Waals surface area contributed by atoms with Gasteiger partial charge in [0.15, 0.2) is 0 Å². The van der Waals surface area contributed by atoms with Gasteiger partial charge in [0, 0.05) is 6.42 Å². The lowest BCUT2D eigenvalue weighted by Crippen LogP contribution is -2.34. The van der Waals surface area contributed by atoms with Crippen molar-refractivity contribution < 1.29 is 14.7 Å². The molecule has 136 valence electrons. The molecule has 0 aromatic carbocycles. The SMILES string of the molecule is CCCCCCCCCCC(=O)NC1=C(O)C2C=CC=CC2=NC1=O. The number of aliphatic hydroxyl groups excluding tert-OH is 1. The zero-order valence-electron chi connectivity index (χ0n) is 15.0. The molecule has 0 saturated carbocycles. The van der Waals surface area contributed by atoms with E-state index in [-0.39, 0.29) is 17.4 Å². The maximum absolute atomic E-state index is 12.0. The number of fused-ring (bicyclic) bond motifs is 1. The Morgan fingerprint density at radius 1 is 1.12 bits per heavy atom. The van der Waals surface area contributed by atoms with Crippen LogP contribution in [0.5, 0.6) is 0 Å². The molecule has 1 unspecified atom stereocenters. The number of nitrogens with one attached hydrogen (secondary N) is 1. The van der Waals surface area contributed by atoms with Crippen LogP contribution in [0, 0.1) is 5.92 Å². The van der Waals surface area contributed by atoms with Gasteiger partial charge < -0.3 is 10.4 Å². The lowest BCUT2D eigenvalue weighted by molar-refractivity contribution is -0.123. The second-order valence-corrected chi connectivity index (χ2v) is 6.60. The highest BCUT2D eigenvalue weighted by atomic mass is 16.3. The molecule has 0 radical (unpaired) electrons. The van der Waals surface area contributed by atoms with Gasteiger partial charge in [0.05, 0.1) is 11.6 Å². The second kappa shape index (κ2) is 9.97. The predicted octanol–water partition coefficient (Wildman–Crippen LogP) is 4.13. The number of rotatable bonds is 10.